The molecule has 1 aliphatic heterocycles. The molecule has 0 radical (unpaired) electrons. The fourth-order valence-corrected chi connectivity index (χ4v) is 3.76. The number of amides is 1. The van der Waals surface area contributed by atoms with Crippen molar-refractivity contribution in [1.82, 2.24) is 30.0 Å². The largest absolute Gasteiger partial charge is 0.459 e. The quantitative estimate of drug-likeness (QED) is 0.662. The molecular weight excluding hydrogens is 368 g/mol. The van der Waals surface area contributed by atoms with Crippen molar-refractivity contribution in [2.45, 2.75) is 32.9 Å². The van der Waals surface area contributed by atoms with Crippen molar-refractivity contribution in [3.63, 3.8) is 0 Å². The fraction of sp³-hybridized carbons (Fsp3) is 0.429. The average Bonchev–Trinajstić information content (AvgIpc) is 3.42. The van der Waals surface area contributed by atoms with E-state index in [0.29, 0.717) is 18.8 Å². The van der Waals surface area contributed by atoms with Crippen molar-refractivity contribution in [3.8, 4) is 0 Å². The Morgan fingerprint density at radius 2 is 1.79 bits per heavy atom. The van der Waals surface area contributed by atoms with Gasteiger partial charge in [-0.2, -0.15) is 0 Å². The number of piperazine rings is 1. The number of nitrogens with zero attached hydrogens (tertiary/aromatic N) is 6. The second-order valence-corrected chi connectivity index (χ2v) is 7.69. The molecular formula is C21H26N6O2. The Morgan fingerprint density at radius 1 is 1.07 bits per heavy atom. The predicted octanol–water partition coefficient (Wildman–Crippen LogP) is 2.70. The van der Waals surface area contributed by atoms with E-state index in [2.05, 4.69) is 65.5 Å². The molecule has 0 unspecified atom stereocenters. The molecule has 0 N–H and O–H groups in total. The standard InChI is InChI=1S/C21H26N6O2/c1-15(2)27-20(22-23-24-27)19(17-8-6-16(3)7-9-17)25-10-12-26(13-11-25)21(28)18-5-4-14-29-18/h4-9,14-15,19H,10-13H2,1-3H3/t19-/m1/s1. The lowest BCUT2D eigenvalue weighted by atomic mass is 10.0. The van der Waals surface area contributed by atoms with Gasteiger partial charge in [-0.05, 0) is 48.9 Å². The molecule has 8 nitrogen and oxygen atoms in total. The second-order valence-electron chi connectivity index (χ2n) is 7.69. The van der Waals surface area contributed by atoms with Gasteiger partial charge in [0.25, 0.3) is 5.91 Å². The summed E-state index contributed by atoms with van der Waals surface area (Å²) in [7, 11) is 0. The van der Waals surface area contributed by atoms with Crippen LogP contribution in [0, 0.1) is 6.92 Å². The monoisotopic (exact) mass is 394 g/mol. The third-order valence-corrected chi connectivity index (χ3v) is 5.34. The highest BCUT2D eigenvalue weighted by Gasteiger charge is 2.32. The number of carbonyl (C=O) groups is 1. The van der Waals surface area contributed by atoms with Crippen molar-refractivity contribution < 1.29 is 9.21 Å². The lowest BCUT2D eigenvalue weighted by Gasteiger charge is -2.38. The lowest BCUT2D eigenvalue weighted by Crippen LogP contribution is -2.50. The van der Waals surface area contributed by atoms with Crippen LogP contribution < -0.4 is 0 Å². The van der Waals surface area contributed by atoms with Crippen LogP contribution in [0.3, 0.4) is 0 Å². The van der Waals surface area contributed by atoms with Crippen molar-refractivity contribution in [3.05, 3.63) is 65.4 Å². The third kappa shape index (κ3) is 3.93. The summed E-state index contributed by atoms with van der Waals surface area (Å²) in [5.41, 5.74) is 2.36. The second kappa shape index (κ2) is 8.16. The molecule has 3 heterocycles. The summed E-state index contributed by atoms with van der Waals surface area (Å²) in [6.07, 6.45) is 1.53. The van der Waals surface area contributed by atoms with Crippen LogP contribution in [-0.4, -0.2) is 62.1 Å². The number of carbonyl (C=O) groups excluding carboxylic acids is 1. The molecule has 0 spiro atoms. The molecule has 1 saturated heterocycles. The first kappa shape index (κ1) is 19.3. The third-order valence-electron chi connectivity index (χ3n) is 5.34. The van der Waals surface area contributed by atoms with Crippen LogP contribution in [-0.2, 0) is 0 Å². The van der Waals surface area contributed by atoms with E-state index in [1.54, 1.807) is 12.1 Å². The average molecular weight is 394 g/mol. The zero-order valence-electron chi connectivity index (χ0n) is 17.0. The van der Waals surface area contributed by atoms with Crippen LogP contribution >= 0.6 is 0 Å². The van der Waals surface area contributed by atoms with Crippen LogP contribution in [0.5, 0.6) is 0 Å². The first-order valence-electron chi connectivity index (χ1n) is 9.95. The number of aromatic nitrogens is 4. The molecule has 3 aromatic rings. The SMILES string of the molecule is Cc1ccc([C@H](c2nnnn2C(C)C)N2CCN(C(=O)c3ccco3)CC2)cc1. The zero-order chi connectivity index (χ0) is 20.4. The molecule has 0 aliphatic carbocycles. The van der Waals surface area contributed by atoms with Gasteiger partial charge in [-0.25, -0.2) is 4.68 Å². The molecule has 1 aliphatic rings. The minimum absolute atomic E-state index is 0.0612. The molecule has 1 fully saturated rings. The highest BCUT2D eigenvalue weighted by Crippen LogP contribution is 2.29. The Balaban J connectivity index is 1.58. The fourth-order valence-electron chi connectivity index (χ4n) is 3.76. The van der Waals surface area contributed by atoms with Crippen LogP contribution in [0.4, 0.5) is 0 Å². The molecule has 1 aromatic carbocycles. The number of benzene rings is 1. The first-order chi connectivity index (χ1) is 14.0. The number of hydrogen-bond acceptors (Lipinski definition) is 6. The summed E-state index contributed by atoms with van der Waals surface area (Å²) in [5.74, 6) is 1.15. The van der Waals surface area contributed by atoms with E-state index >= 15 is 0 Å². The summed E-state index contributed by atoms with van der Waals surface area (Å²) >= 11 is 0. The van der Waals surface area contributed by atoms with Crippen molar-refractivity contribution in [2.75, 3.05) is 26.2 Å². The normalized spacial score (nSPS) is 16.3. The van der Waals surface area contributed by atoms with Crippen LogP contribution in [0.2, 0.25) is 0 Å². The van der Waals surface area contributed by atoms with E-state index in [9.17, 15) is 4.79 Å². The zero-order valence-corrected chi connectivity index (χ0v) is 17.0. The van der Waals surface area contributed by atoms with E-state index in [1.165, 1.54) is 11.8 Å². The Morgan fingerprint density at radius 3 is 2.41 bits per heavy atom. The highest BCUT2D eigenvalue weighted by atomic mass is 16.3. The van der Waals surface area contributed by atoms with Crippen LogP contribution in [0.15, 0.2) is 47.1 Å². The molecule has 0 saturated carbocycles. The minimum atomic E-state index is -0.0615. The van der Waals surface area contributed by atoms with E-state index in [4.69, 9.17) is 4.42 Å². The van der Waals surface area contributed by atoms with Gasteiger partial charge in [0.2, 0.25) is 0 Å². The van der Waals surface area contributed by atoms with Crippen LogP contribution in [0.1, 0.15) is 53.4 Å². The maximum Gasteiger partial charge on any atom is 0.289 e. The highest BCUT2D eigenvalue weighted by molar-refractivity contribution is 5.91. The Labute approximate surface area is 170 Å². The maximum absolute atomic E-state index is 12.6. The number of rotatable bonds is 5. The van der Waals surface area contributed by atoms with Gasteiger partial charge in [0.15, 0.2) is 11.6 Å². The van der Waals surface area contributed by atoms with Gasteiger partial charge in [-0.15, -0.1) is 5.10 Å². The van der Waals surface area contributed by atoms with Gasteiger partial charge in [0.05, 0.1) is 18.3 Å². The number of furan rings is 1. The number of aryl methyl sites for hydroxylation is 1. The first-order valence-corrected chi connectivity index (χ1v) is 9.95. The molecule has 1 amide bonds. The number of hydrogen-bond donors (Lipinski definition) is 0. The van der Waals surface area contributed by atoms with Gasteiger partial charge in [-0.3, -0.25) is 9.69 Å². The van der Waals surface area contributed by atoms with E-state index in [-0.39, 0.29) is 18.0 Å². The van der Waals surface area contributed by atoms with E-state index < -0.39 is 0 Å². The summed E-state index contributed by atoms with van der Waals surface area (Å²) < 4.78 is 7.15. The summed E-state index contributed by atoms with van der Waals surface area (Å²) in [4.78, 5) is 16.8. The Kier molecular flexibility index (Phi) is 5.44. The van der Waals surface area contributed by atoms with Gasteiger partial charge < -0.3 is 9.32 Å². The smallest absolute Gasteiger partial charge is 0.289 e. The van der Waals surface area contributed by atoms with Crippen LogP contribution in [0.25, 0.3) is 0 Å². The summed E-state index contributed by atoms with van der Waals surface area (Å²) in [5, 5.41) is 12.5. The molecule has 2 aromatic heterocycles. The molecule has 29 heavy (non-hydrogen) atoms. The molecule has 4 rings (SSSR count). The minimum Gasteiger partial charge on any atom is -0.459 e. The van der Waals surface area contributed by atoms with E-state index in [1.807, 2.05) is 9.58 Å². The molecule has 8 heteroatoms. The number of tetrazole rings is 1. The van der Waals surface area contributed by atoms with Gasteiger partial charge >= 0.3 is 0 Å². The predicted molar refractivity (Wildman–Crippen MR) is 107 cm³/mol. The molecule has 152 valence electrons. The maximum atomic E-state index is 12.6. The summed E-state index contributed by atoms with van der Waals surface area (Å²) in [6.45, 7) is 8.95. The summed E-state index contributed by atoms with van der Waals surface area (Å²) in [6, 6.07) is 12.1. The van der Waals surface area contributed by atoms with Crippen molar-refractivity contribution in [1.29, 1.82) is 0 Å². The van der Waals surface area contributed by atoms with Gasteiger partial charge in [0, 0.05) is 26.2 Å². The topological polar surface area (TPSA) is 80.3 Å². The van der Waals surface area contributed by atoms with Gasteiger partial charge in [-0.1, -0.05) is 29.8 Å². The van der Waals surface area contributed by atoms with Crippen molar-refractivity contribution in [2.24, 2.45) is 0 Å². The van der Waals surface area contributed by atoms with Gasteiger partial charge in [0.1, 0.15) is 0 Å². The molecule has 1 atom stereocenters. The molecule has 0 bridgehead atoms. The Bertz CT molecular complexity index is 940. The lowest BCUT2D eigenvalue weighted by molar-refractivity contribution is 0.0558. The Hall–Kier alpha value is -3.00. The van der Waals surface area contributed by atoms with Crippen molar-refractivity contribution >= 4 is 5.91 Å². The van der Waals surface area contributed by atoms with E-state index in [0.717, 1.165) is 24.5 Å².